The number of hydrogen-bond acceptors (Lipinski definition) is 4. The van der Waals surface area contributed by atoms with Crippen molar-refractivity contribution in [2.45, 2.75) is 6.92 Å². The maximum atomic E-state index is 11.6. The van der Waals surface area contributed by atoms with Crippen molar-refractivity contribution >= 4 is 17.8 Å². The normalized spacial score (nSPS) is 10.5. The van der Waals surface area contributed by atoms with Crippen LogP contribution in [0.25, 0.3) is 0 Å². The van der Waals surface area contributed by atoms with E-state index in [-0.39, 0.29) is 12.5 Å². The highest BCUT2D eigenvalue weighted by Crippen LogP contribution is 2.15. The van der Waals surface area contributed by atoms with Crippen LogP contribution in [0.4, 0.5) is 5.69 Å². The third kappa shape index (κ3) is 5.02. The lowest BCUT2D eigenvalue weighted by Gasteiger charge is -2.07. The first-order valence-corrected chi connectivity index (χ1v) is 6.70. The number of aromatic nitrogens is 1. The van der Waals surface area contributed by atoms with Crippen LogP contribution >= 0.6 is 0 Å². The first-order chi connectivity index (χ1) is 10.3. The molecule has 0 saturated carbocycles. The van der Waals surface area contributed by atoms with Gasteiger partial charge in [-0.05, 0) is 43.3 Å². The Hall–Kier alpha value is -2.76. The molecule has 0 spiro atoms. The molecule has 110 valence electrons. The zero-order valence-corrected chi connectivity index (χ0v) is 11.8. The van der Waals surface area contributed by atoms with Crippen molar-refractivity contribution in [2.75, 3.05) is 18.5 Å². The highest BCUT2D eigenvalue weighted by atomic mass is 16.5. The largest absolute Gasteiger partial charge is 0.494 e. The maximum absolute atomic E-state index is 11.6. The summed E-state index contributed by atoms with van der Waals surface area (Å²) in [6.07, 6.45) is 3.34. The molecular formula is C15H18N4O2. The number of nitrogens with zero attached hydrogens (tertiary/aromatic N) is 1. The van der Waals surface area contributed by atoms with Gasteiger partial charge in [-0.1, -0.05) is 0 Å². The second-order valence-electron chi connectivity index (χ2n) is 4.23. The van der Waals surface area contributed by atoms with Crippen LogP contribution in [-0.2, 0) is 4.79 Å². The number of hydrazone groups is 1. The Bertz CT molecular complexity index is 576. The van der Waals surface area contributed by atoms with Crippen LogP contribution in [0.2, 0.25) is 0 Å². The minimum absolute atomic E-state index is 0.149. The van der Waals surface area contributed by atoms with Gasteiger partial charge in [0.15, 0.2) is 0 Å². The van der Waals surface area contributed by atoms with Gasteiger partial charge in [0.25, 0.3) is 5.91 Å². The fourth-order valence-corrected chi connectivity index (χ4v) is 1.66. The Labute approximate surface area is 123 Å². The van der Waals surface area contributed by atoms with Crippen molar-refractivity contribution in [3.8, 4) is 5.75 Å². The number of aromatic amines is 1. The monoisotopic (exact) mass is 286 g/mol. The van der Waals surface area contributed by atoms with Crippen molar-refractivity contribution in [3.63, 3.8) is 0 Å². The van der Waals surface area contributed by atoms with Crippen LogP contribution in [0.15, 0.2) is 47.7 Å². The van der Waals surface area contributed by atoms with E-state index in [0.29, 0.717) is 6.61 Å². The lowest BCUT2D eigenvalue weighted by atomic mass is 10.3. The molecule has 0 unspecified atom stereocenters. The Morgan fingerprint density at radius 2 is 2.14 bits per heavy atom. The Balaban J connectivity index is 1.73. The molecule has 6 nitrogen and oxygen atoms in total. The van der Waals surface area contributed by atoms with Crippen molar-refractivity contribution in [1.82, 2.24) is 10.4 Å². The molecule has 0 aliphatic rings. The predicted molar refractivity (Wildman–Crippen MR) is 82.6 cm³/mol. The van der Waals surface area contributed by atoms with Gasteiger partial charge in [-0.15, -0.1) is 0 Å². The zero-order chi connectivity index (χ0) is 14.9. The molecule has 0 radical (unpaired) electrons. The second-order valence-corrected chi connectivity index (χ2v) is 4.23. The van der Waals surface area contributed by atoms with Crippen molar-refractivity contribution in [3.05, 3.63) is 48.3 Å². The smallest absolute Gasteiger partial charge is 0.259 e. The lowest BCUT2D eigenvalue weighted by Crippen LogP contribution is -2.25. The summed E-state index contributed by atoms with van der Waals surface area (Å²) < 4.78 is 5.35. The number of ether oxygens (including phenoxy) is 1. The summed E-state index contributed by atoms with van der Waals surface area (Å²) in [6.45, 7) is 2.72. The summed E-state index contributed by atoms with van der Waals surface area (Å²) in [6, 6.07) is 11.1. The minimum atomic E-state index is -0.216. The van der Waals surface area contributed by atoms with Gasteiger partial charge in [-0.3, -0.25) is 4.79 Å². The van der Waals surface area contributed by atoms with Gasteiger partial charge in [-0.2, -0.15) is 5.10 Å². The number of carbonyl (C=O) groups excluding carboxylic acids is 1. The van der Waals surface area contributed by atoms with Crippen LogP contribution in [0.3, 0.4) is 0 Å². The summed E-state index contributed by atoms with van der Waals surface area (Å²) in [5, 5.41) is 6.86. The molecule has 21 heavy (non-hydrogen) atoms. The van der Waals surface area contributed by atoms with E-state index in [4.69, 9.17) is 4.74 Å². The van der Waals surface area contributed by atoms with Crippen LogP contribution < -0.4 is 15.5 Å². The lowest BCUT2D eigenvalue weighted by molar-refractivity contribution is -0.119. The standard InChI is InChI=1S/C15H18N4O2/c1-2-21-14-7-5-12(6-8-14)17-11-15(20)19-18-10-13-4-3-9-16-13/h3-10,16-17H,2,11H2,1H3,(H,19,20). The summed E-state index contributed by atoms with van der Waals surface area (Å²) in [5.74, 6) is 0.592. The summed E-state index contributed by atoms with van der Waals surface area (Å²) >= 11 is 0. The molecule has 1 aromatic carbocycles. The van der Waals surface area contributed by atoms with Gasteiger partial charge < -0.3 is 15.0 Å². The Morgan fingerprint density at radius 3 is 2.81 bits per heavy atom. The molecule has 1 amide bonds. The van der Waals surface area contributed by atoms with E-state index in [1.54, 1.807) is 12.4 Å². The summed E-state index contributed by atoms with van der Waals surface area (Å²) in [5.41, 5.74) is 4.12. The van der Waals surface area contributed by atoms with Crippen molar-refractivity contribution in [2.24, 2.45) is 5.10 Å². The van der Waals surface area contributed by atoms with Crippen molar-refractivity contribution < 1.29 is 9.53 Å². The maximum Gasteiger partial charge on any atom is 0.259 e. The highest BCUT2D eigenvalue weighted by Gasteiger charge is 2.00. The van der Waals surface area contributed by atoms with E-state index in [1.807, 2.05) is 43.3 Å². The SMILES string of the molecule is CCOc1ccc(NCC(=O)NN=Cc2ccc[nH]2)cc1. The molecular weight excluding hydrogens is 268 g/mol. The number of benzene rings is 1. The number of carbonyl (C=O) groups is 1. The van der Waals surface area contributed by atoms with Gasteiger partial charge in [0, 0.05) is 11.9 Å². The third-order valence-corrected chi connectivity index (χ3v) is 2.63. The molecule has 3 N–H and O–H groups in total. The predicted octanol–water partition coefficient (Wildman–Crippen LogP) is 1.98. The summed E-state index contributed by atoms with van der Waals surface area (Å²) in [4.78, 5) is 14.5. The number of amides is 1. The summed E-state index contributed by atoms with van der Waals surface area (Å²) in [7, 11) is 0. The quantitative estimate of drug-likeness (QED) is 0.538. The zero-order valence-electron chi connectivity index (χ0n) is 11.8. The number of anilines is 1. The van der Waals surface area contributed by atoms with E-state index < -0.39 is 0 Å². The molecule has 2 rings (SSSR count). The highest BCUT2D eigenvalue weighted by molar-refractivity contribution is 5.83. The fourth-order valence-electron chi connectivity index (χ4n) is 1.66. The molecule has 1 aromatic heterocycles. The molecule has 2 aromatic rings. The van der Waals surface area contributed by atoms with Gasteiger partial charge in [-0.25, -0.2) is 5.43 Å². The van der Waals surface area contributed by atoms with E-state index in [1.165, 1.54) is 0 Å². The number of nitrogens with one attached hydrogen (secondary N) is 3. The first-order valence-electron chi connectivity index (χ1n) is 6.70. The molecule has 0 atom stereocenters. The van der Waals surface area contributed by atoms with E-state index in [0.717, 1.165) is 17.1 Å². The minimum Gasteiger partial charge on any atom is -0.494 e. The first kappa shape index (κ1) is 14.6. The topological polar surface area (TPSA) is 78.5 Å². The van der Waals surface area contributed by atoms with Gasteiger partial charge in [0.1, 0.15) is 5.75 Å². The molecule has 0 aliphatic heterocycles. The van der Waals surface area contributed by atoms with Crippen LogP contribution in [-0.4, -0.2) is 30.3 Å². The number of rotatable bonds is 7. The molecule has 0 bridgehead atoms. The second kappa shape index (κ2) is 7.74. The number of hydrogen-bond donors (Lipinski definition) is 3. The van der Waals surface area contributed by atoms with Gasteiger partial charge in [0.05, 0.1) is 25.1 Å². The molecule has 0 saturated heterocycles. The Kier molecular flexibility index (Phi) is 5.40. The molecule has 0 aliphatic carbocycles. The van der Waals surface area contributed by atoms with Crippen molar-refractivity contribution in [1.29, 1.82) is 0 Å². The molecule has 6 heteroatoms. The van der Waals surface area contributed by atoms with Crippen LogP contribution in [0.1, 0.15) is 12.6 Å². The average Bonchev–Trinajstić information content (AvgIpc) is 3.00. The number of H-pyrrole nitrogens is 1. The van der Waals surface area contributed by atoms with Crippen LogP contribution in [0, 0.1) is 0 Å². The Morgan fingerprint density at radius 1 is 1.33 bits per heavy atom. The third-order valence-electron chi connectivity index (χ3n) is 2.63. The van der Waals surface area contributed by atoms with E-state index in [9.17, 15) is 4.79 Å². The van der Waals surface area contributed by atoms with Gasteiger partial charge >= 0.3 is 0 Å². The molecule has 0 fully saturated rings. The van der Waals surface area contributed by atoms with E-state index >= 15 is 0 Å². The van der Waals surface area contributed by atoms with Gasteiger partial charge in [0.2, 0.25) is 0 Å². The fraction of sp³-hybridized carbons (Fsp3) is 0.200. The van der Waals surface area contributed by atoms with Crippen LogP contribution in [0.5, 0.6) is 5.75 Å². The average molecular weight is 286 g/mol. The molecule has 1 heterocycles. The van der Waals surface area contributed by atoms with E-state index in [2.05, 4.69) is 20.8 Å².